The Morgan fingerprint density at radius 2 is 1.97 bits per heavy atom. The number of nitrogens with one attached hydrogen (secondary N) is 2. The highest BCUT2D eigenvalue weighted by molar-refractivity contribution is 5.77. The monoisotopic (exact) mass is 500 g/mol. The molecule has 1 aromatic carbocycles. The SMILES string of the molecule is C=CCn1c(=O)c2cnc(Nc3ccc(N4CCNCC4)c(C)c3)nc2n1-c1cccc(C(C)(C)O)n1. The van der Waals surface area contributed by atoms with Gasteiger partial charge in [-0.3, -0.25) is 4.79 Å². The minimum absolute atomic E-state index is 0.242. The Bertz CT molecular complexity index is 1510. The van der Waals surface area contributed by atoms with Crippen LogP contribution < -0.4 is 21.1 Å². The second kappa shape index (κ2) is 9.79. The van der Waals surface area contributed by atoms with Gasteiger partial charge in [0.25, 0.3) is 5.56 Å². The van der Waals surface area contributed by atoms with Crippen molar-refractivity contribution in [1.82, 2.24) is 29.6 Å². The lowest BCUT2D eigenvalue weighted by Crippen LogP contribution is -2.43. The Kier molecular flexibility index (Phi) is 6.53. The summed E-state index contributed by atoms with van der Waals surface area (Å²) >= 11 is 0. The van der Waals surface area contributed by atoms with Crippen molar-refractivity contribution in [3.8, 4) is 5.82 Å². The second-order valence-electron chi connectivity index (χ2n) is 9.72. The fourth-order valence-corrected chi connectivity index (χ4v) is 4.61. The molecule has 0 spiro atoms. The van der Waals surface area contributed by atoms with Crippen molar-refractivity contribution in [3.63, 3.8) is 0 Å². The van der Waals surface area contributed by atoms with Gasteiger partial charge in [-0.1, -0.05) is 12.1 Å². The number of benzene rings is 1. The van der Waals surface area contributed by atoms with Crippen LogP contribution in [0.15, 0.2) is 60.0 Å². The van der Waals surface area contributed by atoms with Gasteiger partial charge in [0.05, 0.1) is 12.2 Å². The molecule has 0 radical (unpaired) electrons. The van der Waals surface area contributed by atoms with E-state index in [1.807, 2.05) is 6.07 Å². The molecule has 0 amide bonds. The molecule has 10 nitrogen and oxygen atoms in total. The van der Waals surface area contributed by atoms with Gasteiger partial charge in [-0.05, 0) is 56.7 Å². The lowest BCUT2D eigenvalue weighted by Gasteiger charge is -2.30. The number of aliphatic hydroxyl groups is 1. The van der Waals surface area contributed by atoms with Crippen molar-refractivity contribution in [1.29, 1.82) is 0 Å². The molecule has 1 saturated heterocycles. The summed E-state index contributed by atoms with van der Waals surface area (Å²) in [5, 5.41) is 17.5. The molecule has 4 aromatic rings. The first-order valence-corrected chi connectivity index (χ1v) is 12.4. The van der Waals surface area contributed by atoms with Gasteiger partial charge < -0.3 is 20.6 Å². The lowest BCUT2D eigenvalue weighted by molar-refractivity contribution is 0.0738. The zero-order valence-electron chi connectivity index (χ0n) is 21.4. The maximum absolute atomic E-state index is 13.2. The smallest absolute Gasteiger partial charge is 0.278 e. The molecule has 3 aromatic heterocycles. The molecule has 5 rings (SSSR count). The number of anilines is 3. The maximum Gasteiger partial charge on any atom is 0.278 e. The van der Waals surface area contributed by atoms with Crippen LogP contribution >= 0.6 is 0 Å². The van der Waals surface area contributed by atoms with Crippen molar-refractivity contribution < 1.29 is 5.11 Å². The van der Waals surface area contributed by atoms with Crippen molar-refractivity contribution in [2.24, 2.45) is 0 Å². The van der Waals surface area contributed by atoms with Gasteiger partial charge >= 0.3 is 0 Å². The van der Waals surface area contributed by atoms with E-state index < -0.39 is 5.60 Å². The van der Waals surface area contributed by atoms with Crippen LogP contribution in [0.25, 0.3) is 16.9 Å². The third-order valence-electron chi connectivity index (χ3n) is 6.47. The number of allylic oxidation sites excluding steroid dienone is 1. The molecular weight excluding hydrogens is 468 g/mol. The van der Waals surface area contributed by atoms with Crippen molar-refractivity contribution >= 4 is 28.4 Å². The van der Waals surface area contributed by atoms with Crippen molar-refractivity contribution in [2.75, 3.05) is 36.4 Å². The average Bonchev–Trinajstić information content (AvgIpc) is 3.15. The van der Waals surface area contributed by atoms with E-state index in [9.17, 15) is 9.90 Å². The molecule has 4 heterocycles. The highest BCUT2D eigenvalue weighted by atomic mass is 16.3. The van der Waals surface area contributed by atoms with Crippen LogP contribution in [-0.2, 0) is 12.1 Å². The first-order chi connectivity index (χ1) is 17.8. The maximum atomic E-state index is 13.2. The van der Waals surface area contributed by atoms with E-state index >= 15 is 0 Å². The van der Waals surface area contributed by atoms with Crippen LogP contribution in [0.3, 0.4) is 0 Å². The summed E-state index contributed by atoms with van der Waals surface area (Å²) < 4.78 is 3.17. The number of nitrogens with zero attached hydrogens (tertiary/aromatic N) is 6. The molecule has 3 N–H and O–H groups in total. The van der Waals surface area contributed by atoms with E-state index in [1.54, 1.807) is 42.8 Å². The van der Waals surface area contributed by atoms with Gasteiger partial charge in [0.1, 0.15) is 11.0 Å². The molecule has 1 aliphatic rings. The Labute approximate surface area is 215 Å². The van der Waals surface area contributed by atoms with Crippen molar-refractivity contribution in [2.45, 2.75) is 32.9 Å². The summed E-state index contributed by atoms with van der Waals surface area (Å²) in [5.74, 6) is 0.833. The van der Waals surface area contributed by atoms with E-state index in [1.165, 1.54) is 16.6 Å². The topological polar surface area (TPSA) is 113 Å². The van der Waals surface area contributed by atoms with Gasteiger partial charge in [-0.15, -0.1) is 6.58 Å². The van der Waals surface area contributed by atoms with Crippen LogP contribution in [0.5, 0.6) is 0 Å². The first kappa shape index (κ1) is 24.7. The van der Waals surface area contributed by atoms with E-state index in [4.69, 9.17) is 4.98 Å². The number of aromatic nitrogens is 5. The zero-order valence-corrected chi connectivity index (χ0v) is 21.4. The zero-order chi connectivity index (χ0) is 26.2. The van der Waals surface area contributed by atoms with Gasteiger partial charge in [-0.2, -0.15) is 4.98 Å². The van der Waals surface area contributed by atoms with Crippen molar-refractivity contribution in [3.05, 3.63) is 76.9 Å². The molecule has 1 fully saturated rings. The fourth-order valence-electron chi connectivity index (χ4n) is 4.61. The Balaban J connectivity index is 1.55. The minimum Gasteiger partial charge on any atom is -0.384 e. The van der Waals surface area contributed by atoms with Gasteiger partial charge in [0.2, 0.25) is 5.95 Å². The highest BCUT2D eigenvalue weighted by Crippen LogP contribution is 2.26. The summed E-state index contributed by atoms with van der Waals surface area (Å²) in [6.07, 6.45) is 3.18. The van der Waals surface area contributed by atoms with E-state index in [0.717, 1.165) is 37.4 Å². The molecule has 0 unspecified atom stereocenters. The minimum atomic E-state index is -1.14. The summed E-state index contributed by atoms with van der Waals surface area (Å²) in [5.41, 5.74) is 2.76. The summed E-state index contributed by atoms with van der Waals surface area (Å²) in [7, 11) is 0. The molecule has 0 bridgehead atoms. The van der Waals surface area contributed by atoms with Crippen LogP contribution in [0.2, 0.25) is 0 Å². The number of aryl methyl sites for hydroxylation is 1. The Morgan fingerprint density at radius 3 is 2.68 bits per heavy atom. The number of pyridine rings is 1. The normalized spacial score (nSPS) is 14.2. The number of fused-ring (bicyclic) bond motifs is 1. The van der Waals surface area contributed by atoms with Crippen LogP contribution in [0.1, 0.15) is 25.1 Å². The number of rotatable bonds is 7. The molecule has 192 valence electrons. The van der Waals surface area contributed by atoms with E-state index in [-0.39, 0.29) is 12.1 Å². The number of hydrogen-bond donors (Lipinski definition) is 3. The largest absolute Gasteiger partial charge is 0.384 e. The lowest BCUT2D eigenvalue weighted by atomic mass is 10.1. The van der Waals surface area contributed by atoms with Crippen LogP contribution in [0, 0.1) is 6.92 Å². The summed E-state index contributed by atoms with van der Waals surface area (Å²) in [6.45, 7) is 13.4. The van der Waals surface area contributed by atoms with Gasteiger partial charge in [0, 0.05) is 43.8 Å². The first-order valence-electron chi connectivity index (χ1n) is 12.4. The Morgan fingerprint density at radius 1 is 1.19 bits per heavy atom. The molecule has 0 atom stereocenters. The number of piperazine rings is 1. The van der Waals surface area contributed by atoms with Gasteiger partial charge in [0.15, 0.2) is 11.5 Å². The summed E-state index contributed by atoms with van der Waals surface area (Å²) in [4.78, 5) is 29.3. The average molecular weight is 501 g/mol. The molecule has 37 heavy (non-hydrogen) atoms. The van der Waals surface area contributed by atoms with Crippen LogP contribution in [-0.4, -0.2) is 55.6 Å². The molecular formula is C27H32N8O2. The fraction of sp³-hybridized carbons (Fsp3) is 0.333. The predicted octanol–water partition coefficient (Wildman–Crippen LogP) is 2.85. The standard InChI is InChI=1S/C27H32N8O2/c1-5-13-34-25(36)20-17-29-26(30-19-9-10-21(18(2)16-19)33-14-11-28-12-15-33)32-24(20)35(34)23-8-6-7-22(31-23)27(3,4)37/h5-10,16-17,28,37H,1,11-15H2,2-4H3,(H,29,30,32). The van der Waals surface area contributed by atoms with Crippen LogP contribution in [0.4, 0.5) is 17.3 Å². The predicted molar refractivity (Wildman–Crippen MR) is 146 cm³/mol. The third kappa shape index (κ3) is 4.85. The molecule has 0 aliphatic carbocycles. The second-order valence-corrected chi connectivity index (χ2v) is 9.72. The summed E-state index contributed by atoms with van der Waals surface area (Å²) in [6, 6.07) is 11.5. The number of hydrogen-bond acceptors (Lipinski definition) is 8. The molecule has 1 aliphatic heterocycles. The van der Waals surface area contributed by atoms with Gasteiger partial charge in [-0.25, -0.2) is 19.3 Å². The third-order valence-corrected chi connectivity index (χ3v) is 6.47. The quantitative estimate of drug-likeness (QED) is 0.332. The molecule has 0 saturated carbocycles. The highest BCUT2D eigenvalue weighted by Gasteiger charge is 2.22. The Hall–Kier alpha value is -4.02. The van der Waals surface area contributed by atoms with E-state index in [2.05, 4.69) is 51.1 Å². The van der Waals surface area contributed by atoms with E-state index in [0.29, 0.717) is 28.5 Å². The molecule has 10 heteroatoms.